The van der Waals surface area contributed by atoms with E-state index in [1.807, 2.05) is 31.6 Å². The quantitative estimate of drug-likeness (QED) is 0.723. The lowest BCUT2D eigenvalue weighted by molar-refractivity contribution is 0.398. The first-order valence-corrected chi connectivity index (χ1v) is 9.74. The smallest absolute Gasteiger partial charge is 0.250 e. The van der Waals surface area contributed by atoms with Crippen molar-refractivity contribution in [3.63, 3.8) is 0 Å². The minimum absolute atomic E-state index is 0.0435. The van der Waals surface area contributed by atoms with Gasteiger partial charge in [-0.05, 0) is 42.2 Å². The molecule has 0 aliphatic carbocycles. The number of anilines is 2. The van der Waals surface area contributed by atoms with Gasteiger partial charge in [0.25, 0.3) is 5.56 Å². The van der Waals surface area contributed by atoms with Gasteiger partial charge in [0.15, 0.2) is 0 Å². The fraction of sp³-hybridized carbons (Fsp3) is 0.429. The number of hydrogen-bond donors (Lipinski definition) is 1. The summed E-state index contributed by atoms with van der Waals surface area (Å²) >= 11 is 0. The number of rotatable bonds is 8. The number of unbranched alkanes of at least 4 members (excludes halogenated alkanes) is 1. The summed E-state index contributed by atoms with van der Waals surface area (Å²) in [6.45, 7) is 6.75. The minimum Gasteiger partial charge on any atom is -0.370 e. The fourth-order valence-electron chi connectivity index (χ4n) is 3.20. The van der Waals surface area contributed by atoms with Crippen molar-refractivity contribution in [2.75, 3.05) is 30.5 Å². The second-order valence-electron chi connectivity index (χ2n) is 6.95. The van der Waals surface area contributed by atoms with E-state index in [0.717, 1.165) is 49.5 Å². The van der Waals surface area contributed by atoms with Crippen molar-refractivity contribution in [1.29, 1.82) is 0 Å². The van der Waals surface area contributed by atoms with Crippen molar-refractivity contribution in [1.82, 2.24) is 14.6 Å². The van der Waals surface area contributed by atoms with Gasteiger partial charge in [0, 0.05) is 51.3 Å². The van der Waals surface area contributed by atoms with Gasteiger partial charge in [-0.25, -0.2) is 9.99 Å². The number of nitrogens with zero attached hydrogens (tertiary/aromatic N) is 4. The number of aromatic nitrogens is 2. The Bertz CT molecular complexity index is 840. The third kappa shape index (κ3) is 4.57. The summed E-state index contributed by atoms with van der Waals surface area (Å²) in [5.74, 6) is 0.919. The van der Waals surface area contributed by atoms with Crippen LogP contribution >= 0.6 is 0 Å². The minimum atomic E-state index is 0.0435. The second-order valence-corrected chi connectivity index (χ2v) is 6.95. The van der Waals surface area contributed by atoms with Crippen LogP contribution in [-0.2, 0) is 6.54 Å². The average molecular weight is 367 g/mol. The predicted molar refractivity (Wildman–Crippen MR) is 112 cm³/mol. The third-order valence-corrected chi connectivity index (χ3v) is 4.71. The van der Waals surface area contributed by atoms with Gasteiger partial charge in [-0.3, -0.25) is 9.80 Å². The molecular weight excluding hydrogens is 338 g/mol. The summed E-state index contributed by atoms with van der Waals surface area (Å²) in [6, 6.07) is 7.67. The summed E-state index contributed by atoms with van der Waals surface area (Å²) < 4.78 is 1.77. The Morgan fingerprint density at radius 1 is 1.15 bits per heavy atom. The molecular formula is C21H29N5O. The maximum Gasteiger partial charge on any atom is 0.250 e. The van der Waals surface area contributed by atoms with E-state index in [1.54, 1.807) is 10.6 Å². The predicted octanol–water partition coefficient (Wildman–Crippen LogP) is 3.57. The normalized spacial score (nSPS) is 14.5. The first-order valence-electron chi connectivity index (χ1n) is 9.74. The van der Waals surface area contributed by atoms with E-state index in [9.17, 15) is 4.79 Å². The van der Waals surface area contributed by atoms with Crippen LogP contribution in [0.3, 0.4) is 0 Å². The van der Waals surface area contributed by atoms with Crippen LogP contribution in [-0.4, -0.2) is 34.7 Å². The summed E-state index contributed by atoms with van der Waals surface area (Å²) in [5.41, 5.74) is 3.36. The van der Waals surface area contributed by atoms with E-state index in [0.29, 0.717) is 0 Å². The van der Waals surface area contributed by atoms with E-state index < -0.39 is 0 Å². The molecule has 0 unspecified atom stereocenters. The van der Waals surface area contributed by atoms with Crippen LogP contribution in [0.1, 0.15) is 38.7 Å². The van der Waals surface area contributed by atoms with Gasteiger partial charge < -0.3 is 9.88 Å². The molecule has 0 aromatic carbocycles. The van der Waals surface area contributed by atoms with Gasteiger partial charge in [-0.1, -0.05) is 20.3 Å². The largest absolute Gasteiger partial charge is 0.370 e. The monoisotopic (exact) mass is 367 g/mol. The fourth-order valence-corrected chi connectivity index (χ4v) is 3.20. The van der Waals surface area contributed by atoms with Crippen LogP contribution in [0.25, 0.3) is 5.57 Å². The molecule has 0 saturated heterocycles. The van der Waals surface area contributed by atoms with Crippen molar-refractivity contribution in [2.24, 2.45) is 0 Å². The number of hydrazine groups is 1. The first-order chi connectivity index (χ1) is 13.1. The third-order valence-electron chi connectivity index (χ3n) is 4.71. The molecule has 3 heterocycles. The molecule has 0 radical (unpaired) electrons. The van der Waals surface area contributed by atoms with Gasteiger partial charge in [0.05, 0.1) is 5.69 Å². The highest BCUT2D eigenvalue weighted by atomic mass is 16.1. The number of nitrogens with one attached hydrogen (secondary N) is 1. The van der Waals surface area contributed by atoms with Gasteiger partial charge in [-0.15, -0.1) is 0 Å². The molecule has 2 aromatic rings. The molecule has 2 aromatic heterocycles. The lowest BCUT2D eigenvalue weighted by atomic mass is 10.1. The molecule has 0 bridgehead atoms. The number of aryl methyl sites for hydroxylation is 1. The van der Waals surface area contributed by atoms with Gasteiger partial charge in [0.2, 0.25) is 0 Å². The van der Waals surface area contributed by atoms with Crippen molar-refractivity contribution in [3.05, 3.63) is 58.8 Å². The van der Waals surface area contributed by atoms with Crippen LogP contribution in [0, 0.1) is 0 Å². The van der Waals surface area contributed by atoms with Crippen molar-refractivity contribution in [2.45, 2.75) is 39.7 Å². The lowest BCUT2D eigenvalue weighted by Gasteiger charge is -2.25. The zero-order valence-corrected chi connectivity index (χ0v) is 16.5. The summed E-state index contributed by atoms with van der Waals surface area (Å²) in [6.07, 6.45) is 9.23. The number of hydrogen-bond acceptors (Lipinski definition) is 5. The van der Waals surface area contributed by atoms with Gasteiger partial charge in [0.1, 0.15) is 5.82 Å². The van der Waals surface area contributed by atoms with E-state index in [4.69, 9.17) is 0 Å². The second kappa shape index (κ2) is 8.86. The highest BCUT2D eigenvalue weighted by Gasteiger charge is 2.21. The van der Waals surface area contributed by atoms with E-state index in [2.05, 4.69) is 46.4 Å². The summed E-state index contributed by atoms with van der Waals surface area (Å²) in [7, 11) is 2.05. The maximum absolute atomic E-state index is 12.0. The highest BCUT2D eigenvalue weighted by molar-refractivity contribution is 5.72. The van der Waals surface area contributed by atoms with Crippen LogP contribution in [0.4, 0.5) is 11.5 Å². The Balaban J connectivity index is 1.77. The maximum atomic E-state index is 12.0. The van der Waals surface area contributed by atoms with Crippen LogP contribution < -0.4 is 15.9 Å². The van der Waals surface area contributed by atoms with Crippen molar-refractivity contribution >= 4 is 17.1 Å². The Morgan fingerprint density at radius 2 is 2.00 bits per heavy atom. The zero-order chi connectivity index (χ0) is 19.2. The molecule has 0 spiro atoms. The van der Waals surface area contributed by atoms with Gasteiger partial charge >= 0.3 is 0 Å². The molecule has 0 atom stereocenters. The number of pyridine rings is 2. The Morgan fingerprint density at radius 3 is 2.70 bits per heavy atom. The van der Waals surface area contributed by atoms with Crippen LogP contribution in [0.15, 0.2) is 47.7 Å². The lowest BCUT2D eigenvalue weighted by Crippen LogP contribution is -2.32. The molecule has 0 saturated carbocycles. The van der Waals surface area contributed by atoms with Crippen LogP contribution in [0.5, 0.6) is 0 Å². The standard InChI is InChI=1S/C21H29N5O/c1-4-6-11-22-20-9-7-17(13-23-20)18-14-24(3)26(15-18)19-8-10-21(27)25(16-19)12-5-2/h7-10,13,15-16H,4-6,11-12,14H2,1-3H3,(H,22,23). The molecule has 0 fully saturated rings. The molecule has 1 N–H and O–H groups in total. The molecule has 27 heavy (non-hydrogen) atoms. The Kier molecular flexibility index (Phi) is 6.29. The SMILES string of the molecule is CCCCNc1ccc(C2=CN(c3ccc(=O)n(CCC)c3)N(C)C2)cn1. The summed E-state index contributed by atoms with van der Waals surface area (Å²) in [5, 5.41) is 7.58. The zero-order valence-electron chi connectivity index (χ0n) is 16.5. The van der Waals surface area contributed by atoms with Crippen molar-refractivity contribution < 1.29 is 0 Å². The summed E-state index contributed by atoms with van der Waals surface area (Å²) in [4.78, 5) is 16.5. The van der Waals surface area contributed by atoms with Crippen molar-refractivity contribution in [3.8, 4) is 0 Å². The molecule has 3 rings (SSSR count). The first kappa shape index (κ1) is 19.2. The van der Waals surface area contributed by atoms with E-state index in [1.165, 1.54) is 12.0 Å². The highest BCUT2D eigenvalue weighted by Crippen LogP contribution is 2.27. The molecule has 6 nitrogen and oxygen atoms in total. The van der Waals surface area contributed by atoms with Gasteiger partial charge in [-0.2, -0.15) is 0 Å². The Labute approximate surface area is 161 Å². The Hall–Kier alpha value is -2.60. The molecule has 1 aliphatic rings. The van der Waals surface area contributed by atoms with Crippen LogP contribution in [0.2, 0.25) is 0 Å². The molecule has 1 aliphatic heterocycles. The molecule has 6 heteroatoms. The molecule has 0 amide bonds. The number of likely N-dealkylation sites (N-methyl/N-ethyl adjacent to an activating group) is 1. The topological polar surface area (TPSA) is 53.4 Å². The molecule has 144 valence electrons. The van der Waals surface area contributed by atoms with E-state index in [-0.39, 0.29) is 5.56 Å². The van der Waals surface area contributed by atoms with E-state index >= 15 is 0 Å². The average Bonchev–Trinajstić information content (AvgIpc) is 3.06.